The Hall–Kier alpha value is -1.97. The van der Waals surface area contributed by atoms with E-state index in [1.165, 1.54) is 0 Å². The van der Waals surface area contributed by atoms with Crippen LogP contribution in [0.3, 0.4) is 0 Å². The highest BCUT2D eigenvalue weighted by Crippen LogP contribution is 2.35. The molecule has 1 fully saturated rings. The van der Waals surface area contributed by atoms with Gasteiger partial charge >= 0.3 is 12.1 Å². The van der Waals surface area contributed by atoms with Crippen molar-refractivity contribution >= 4 is 5.91 Å². The molecule has 146 valence electrons. The Morgan fingerprint density at radius 2 is 2.08 bits per heavy atom. The number of carbonyl (C=O) groups excluding carboxylic acids is 1. The van der Waals surface area contributed by atoms with Crippen LogP contribution < -0.4 is 10.1 Å². The van der Waals surface area contributed by atoms with E-state index in [0.29, 0.717) is 25.6 Å². The molecule has 0 saturated carbocycles. The lowest BCUT2D eigenvalue weighted by atomic mass is 9.94. The summed E-state index contributed by atoms with van der Waals surface area (Å²) >= 11 is 0. The largest absolute Gasteiger partial charge is 0.470 e. The predicted molar refractivity (Wildman–Crippen MR) is 82.9 cm³/mol. The molecule has 2 atom stereocenters. The van der Waals surface area contributed by atoms with Gasteiger partial charge in [0.1, 0.15) is 5.56 Å². The SMILES string of the molecule is C[C@H]1CN(C)CC[C@@H]1NC(=O)C(F)(F)COc1ncccc1C(F)(F)F. The number of ether oxygens (including phenoxy) is 1. The Morgan fingerprint density at radius 3 is 2.69 bits per heavy atom. The minimum absolute atomic E-state index is 0.0259. The molecule has 1 amide bonds. The Kier molecular flexibility index (Phi) is 6.05. The van der Waals surface area contributed by atoms with Gasteiger partial charge in [0.25, 0.3) is 5.91 Å². The molecule has 2 heterocycles. The standard InChI is InChI=1S/C16H20F5N3O2/c1-10-8-24(2)7-5-12(10)23-14(25)15(17,18)9-26-13-11(16(19,20)21)4-3-6-22-13/h3-4,6,10,12H,5,7-9H2,1-2H3,(H,23,25)/t10-,12-/m0/s1. The van der Waals surface area contributed by atoms with Gasteiger partial charge in [0.2, 0.25) is 5.88 Å². The van der Waals surface area contributed by atoms with Gasteiger partial charge in [-0.2, -0.15) is 22.0 Å². The molecule has 2 rings (SSSR count). The number of halogens is 5. The Bertz CT molecular complexity index is 639. The van der Waals surface area contributed by atoms with Crippen molar-refractivity contribution in [2.24, 2.45) is 5.92 Å². The maximum Gasteiger partial charge on any atom is 0.421 e. The molecule has 0 aliphatic carbocycles. The van der Waals surface area contributed by atoms with Crippen LogP contribution in [0.2, 0.25) is 0 Å². The van der Waals surface area contributed by atoms with Gasteiger partial charge in [-0.05, 0) is 38.1 Å². The maximum atomic E-state index is 14.0. The summed E-state index contributed by atoms with van der Waals surface area (Å²) in [6.45, 7) is 1.61. The van der Waals surface area contributed by atoms with Crippen LogP contribution in [0.15, 0.2) is 18.3 Å². The normalized spacial score (nSPS) is 22.1. The number of nitrogens with one attached hydrogen (secondary N) is 1. The minimum Gasteiger partial charge on any atom is -0.470 e. The number of rotatable bonds is 5. The number of nitrogens with zero attached hydrogens (tertiary/aromatic N) is 2. The van der Waals surface area contributed by atoms with Gasteiger partial charge in [0.05, 0.1) is 0 Å². The number of hydrogen-bond acceptors (Lipinski definition) is 4. The molecular formula is C16H20F5N3O2. The first-order valence-electron chi connectivity index (χ1n) is 8.03. The van der Waals surface area contributed by atoms with E-state index in [1.807, 2.05) is 18.9 Å². The van der Waals surface area contributed by atoms with E-state index in [4.69, 9.17) is 0 Å². The first-order valence-corrected chi connectivity index (χ1v) is 8.03. The molecule has 10 heteroatoms. The third kappa shape index (κ3) is 5.03. The summed E-state index contributed by atoms with van der Waals surface area (Å²) < 4.78 is 71.1. The van der Waals surface area contributed by atoms with Crippen molar-refractivity contribution in [3.05, 3.63) is 23.9 Å². The predicted octanol–water partition coefficient (Wildman–Crippen LogP) is 2.57. The molecule has 1 aliphatic heterocycles. The molecule has 0 aromatic carbocycles. The fourth-order valence-corrected chi connectivity index (χ4v) is 2.79. The van der Waals surface area contributed by atoms with E-state index in [0.717, 1.165) is 12.3 Å². The molecule has 0 radical (unpaired) electrons. The zero-order valence-corrected chi connectivity index (χ0v) is 14.3. The van der Waals surface area contributed by atoms with Crippen molar-refractivity contribution in [1.29, 1.82) is 0 Å². The molecule has 1 aromatic rings. The zero-order chi connectivity index (χ0) is 19.5. The minimum atomic E-state index is -4.80. The lowest BCUT2D eigenvalue weighted by Gasteiger charge is -2.35. The monoisotopic (exact) mass is 381 g/mol. The van der Waals surface area contributed by atoms with Gasteiger partial charge in [0, 0.05) is 18.8 Å². The molecular weight excluding hydrogens is 361 g/mol. The fourth-order valence-electron chi connectivity index (χ4n) is 2.79. The molecule has 1 saturated heterocycles. The second-order valence-electron chi connectivity index (χ2n) is 6.46. The van der Waals surface area contributed by atoms with Crippen LogP contribution in [-0.4, -0.2) is 54.5 Å². The van der Waals surface area contributed by atoms with E-state index in [-0.39, 0.29) is 5.92 Å². The van der Waals surface area contributed by atoms with Crippen LogP contribution in [0, 0.1) is 5.92 Å². The summed E-state index contributed by atoms with van der Waals surface area (Å²) in [4.78, 5) is 17.2. The molecule has 26 heavy (non-hydrogen) atoms. The number of alkyl halides is 5. The van der Waals surface area contributed by atoms with Crippen LogP contribution >= 0.6 is 0 Å². The summed E-state index contributed by atoms with van der Waals surface area (Å²) in [5.41, 5.74) is -1.28. The summed E-state index contributed by atoms with van der Waals surface area (Å²) in [5.74, 6) is -6.56. The summed E-state index contributed by atoms with van der Waals surface area (Å²) in [7, 11) is 1.89. The first-order chi connectivity index (χ1) is 12.0. The molecule has 1 aromatic heterocycles. The summed E-state index contributed by atoms with van der Waals surface area (Å²) in [6, 6.07) is 1.26. The lowest BCUT2D eigenvalue weighted by molar-refractivity contribution is -0.152. The number of pyridine rings is 1. The van der Waals surface area contributed by atoms with Gasteiger partial charge in [-0.25, -0.2) is 4.98 Å². The van der Waals surface area contributed by atoms with Crippen molar-refractivity contribution in [2.75, 3.05) is 26.7 Å². The Balaban J connectivity index is 1.99. The van der Waals surface area contributed by atoms with Gasteiger partial charge in [-0.15, -0.1) is 0 Å². The number of piperidine rings is 1. The smallest absolute Gasteiger partial charge is 0.421 e. The molecule has 1 N–H and O–H groups in total. The number of hydrogen-bond donors (Lipinski definition) is 1. The number of aromatic nitrogens is 1. The highest BCUT2D eigenvalue weighted by molar-refractivity contribution is 5.83. The topological polar surface area (TPSA) is 54.5 Å². The average molecular weight is 381 g/mol. The maximum absolute atomic E-state index is 14.0. The van der Waals surface area contributed by atoms with Crippen molar-refractivity contribution in [3.63, 3.8) is 0 Å². The molecule has 0 unspecified atom stereocenters. The van der Waals surface area contributed by atoms with Crippen molar-refractivity contribution in [1.82, 2.24) is 15.2 Å². The molecule has 0 bridgehead atoms. The zero-order valence-electron chi connectivity index (χ0n) is 14.3. The lowest BCUT2D eigenvalue weighted by Crippen LogP contribution is -2.54. The third-order valence-corrected chi connectivity index (χ3v) is 4.22. The summed E-state index contributed by atoms with van der Waals surface area (Å²) in [5, 5.41) is 2.27. The van der Waals surface area contributed by atoms with E-state index in [1.54, 1.807) is 0 Å². The second kappa shape index (κ2) is 7.73. The van der Waals surface area contributed by atoms with E-state index in [9.17, 15) is 26.7 Å². The van der Waals surface area contributed by atoms with Crippen LogP contribution in [0.4, 0.5) is 22.0 Å². The van der Waals surface area contributed by atoms with Crippen LogP contribution in [0.25, 0.3) is 0 Å². The van der Waals surface area contributed by atoms with Crippen LogP contribution in [0.1, 0.15) is 18.9 Å². The number of likely N-dealkylation sites (tertiary alicyclic amines) is 1. The van der Waals surface area contributed by atoms with Crippen LogP contribution in [0.5, 0.6) is 5.88 Å². The highest BCUT2D eigenvalue weighted by atomic mass is 19.4. The number of amides is 1. The Labute approximate surface area is 147 Å². The quantitative estimate of drug-likeness (QED) is 0.797. The van der Waals surface area contributed by atoms with Gasteiger partial charge in [-0.1, -0.05) is 6.92 Å². The first kappa shape index (κ1) is 20.3. The molecule has 5 nitrogen and oxygen atoms in total. The fraction of sp³-hybridized carbons (Fsp3) is 0.625. The van der Waals surface area contributed by atoms with E-state index >= 15 is 0 Å². The summed E-state index contributed by atoms with van der Waals surface area (Å²) in [6.07, 6.45) is -3.30. The van der Waals surface area contributed by atoms with Gasteiger partial charge in [-0.3, -0.25) is 4.79 Å². The average Bonchev–Trinajstić information content (AvgIpc) is 2.55. The van der Waals surface area contributed by atoms with E-state index < -0.39 is 42.1 Å². The second-order valence-corrected chi connectivity index (χ2v) is 6.46. The van der Waals surface area contributed by atoms with Crippen molar-refractivity contribution in [3.8, 4) is 5.88 Å². The Morgan fingerprint density at radius 1 is 1.38 bits per heavy atom. The van der Waals surface area contributed by atoms with Gasteiger partial charge in [0.15, 0.2) is 6.61 Å². The van der Waals surface area contributed by atoms with Crippen LogP contribution in [-0.2, 0) is 11.0 Å². The molecule has 1 aliphatic rings. The molecule has 0 spiro atoms. The van der Waals surface area contributed by atoms with Crippen molar-refractivity contribution in [2.45, 2.75) is 31.5 Å². The van der Waals surface area contributed by atoms with Gasteiger partial charge < -0.3 is 15.0 Å². The van der Waals surface area contributed by atoms with E-state index in [2.05, 4.69) is 15.0 Å². The van der Waals surface area contributed by atoms with Crippen molar-refractivity contribution < 1.29 is 31.5 Å². The third-order valence-electron chi connectivity index (χ3n) is 4.22. The highest BCUT2D eigenvalue weighted by Gasteiger charge is 2.43. The number of carbonyl (C=O) groups is 1.